The van der Waals surface area contributed by atoms with Gasteiger partial charge < -0.3 is 15.6 Å². The maximum Gasteiger partial charge on any atom is 0.235 e. The second kappa shape index (κ2) is 5.49. The van der Waals surface area contributed by atoms with E-state index in [2.05, 4.69) is 15.2 Å². The predicted molar refractivity (Wildman–Crippen MR) is 68.7 cm³/mol. The van der Waals surface area contributed by atoms with Gasteiger partial charge in [-0.15, -0.1) is 0 Å². The van der Waals surface area contributed by atoms with Gasteiger partial charge >= 0.3 is 0 Å². The maximum atomic E-state index is 11.4. The van der Waals surface area contributed by atoms with Crippen LogP contribution in [0.2, 0.25) is 0 Å². The van der Waals surface area contributed by atoms with Crippen molar-refractivity contribution in [2.45, 2.75) is 31.5 Å². The summed E-state index contributed by atoms with van der Waals surface area (Å²) in [5, 5.41) is 3.27. The van der Waals surface area contributed by atoms with Gasteiger partial charge in [-0.05, 0) is 19.9 Å². The Morgan fingerprint density at radius 2 is 2.44 bits per heavy atom. The molecule has 1 aromatic rings. The van der Waals surface area contributed by atoms with E-state index in [1.807, 2.05) is 24.9 Å². The van der Waals surface area contributed by atoms with E-state index in [0.29, 0.717) is 19.1 Å². The van der Waals surface area contributed by atoms with E-state index < -0.39 is 0 Å². The monoisotopic (exact) mass is 251 g/mol. The summed E-state index contributed by atoms with van der Waals surface area (Å²) in [6, 6.07) is 0.201. The highest BCUT2D eigenvalue weighted by molar-refractivity contribution is 5.80. The molecule has 100 valence electrons. The number of nitrogens with zero attached hydrogens (tertiary/aromatic N) is 3. The van der Waals surface area contributed by atoms with E-state index >= 15 is 0 Å². The minimum absolute atomic E-state index is 0.275. The number of likely N-dealkylation sites (N-methyl/N-ethyl adjacent to an activating group) is 1. The van der Waals surface area contributed by atoms with Crippen molar-refractivity contribution in [1.29, 1.82) is 0 Å². The molecule has 0 radical (unpaired) electrons. The number of hydrogen-bond acceptors (Lipinski definition) is 4. The first-order valence-electron chi connectivity index (χ1n) is 6.26. The van der Waals surface area contributed by atoms with Crippen molar-refractivity contribution in [3.05, 3.63) is 18.2 Å². The molecule has 2 rings (SSSR count). The lowest BCUT2D eigenvalue weighted by Crippen LogP contribution is -2.49. The van der Waals surface area contributed by atoms with Crippen molar-refractivity contribution in [2.75, 3.05) is 13.6 Å². The highest BCUT2D eigenvalue weighted by atomic mass is 16.1. The molecule has 1 aliphatic carbocycles. The summed E-state index contributed by atoms with van der Waals surface area (Å²) in [6.07, 6.45) is 5.98. The van der Waals surface area contributed by atoms with Crippen LogP contribution in [-0.4, -0.2) is 46.0 Å². The molecule has 0 bridgehead atoms. The van der Waals surface area contributed by atoms with Gasteiger partial charge in [-0.3, -0.25) is 9.69 Å². The number of amides is 1. The molecule has 0 saturated heterocycles. The molecule has 1 fully saturated rings. The zero-order chi connectivity index (χ0) is 13.1. The summed E-state index contributed by atoms with van der Waals surface area (Å²) >= 11 is 0. The fourth-order valence-electron chi connectivity index (χ4n) is 1.93. The number of aryl methyl sites for hydroxylation is 1. The Bertz CT molecular complexity index is 412. The van der Waals surface area contributed by atoms with Gasteiger partial charge in [0.2, 0.25) is 5.91 Å². The first-order valence-corrected chi connectivity index (χ1v) is 6.26. The standard InChI is InChI=1S/C12H21N5O/c1-16(8-11-14-5-6-17(11)2)7-10(12(13)18)15-9-3-4-9/h5-6,9-10,15H,3-4,7-8H2,1-2H3,(H2,13,18). The van der Waals surface area contributed by atoms with E-state index in [9.17, 15) is 4.79 Å². The number of aromatic nitrogens is 2. The van der Waals surface area contributed by atoms with Crippen molar-refractivity contribution in [3.8, 4) is 0 Å². The Hall–Kier alpha value is -1.40. The third-order valence-corrected chi connectivity index (χ3v) is 3.18. The highest BCUT2D eigenvalue weighted by Crippen LogP contribution is 2.19. The molecule has 6 nitrogen and oxygen atoms in total. The molecule has 1 atom stereocenters. The average molecular weight is 251 g/mol. The van der Waals surface area contributed by atoms with Crippen LogP contribution in [0.1, 0.15) is 18.7 Å². The number of rotatable bonds is 7. The first-order chi connectivity index (χ1) is 8.56. The summed E-state index contributed by atoms with van der Waals surface area (Å²) in [7, 11) is 3.93. The lowest BCUT2D eigenvalue weighted by Gasteiger charge is -2.22. The van der Waals surface area contributed by atoms with Crippen molar-refractivity contribution in [1.82, 2.24) is 19.8 Å². The topological polar surface area (TPSA) is 76.2 Å². The Labute approximate surface area is 107 Å². The van der Waals surface area contributed by atoms with E-state index in [1.54, 1.807) is 6.20 Å². The van der Waals surface area contributed by atoms with Gasteiger partial charge in [-0.2, -0.15) is 0 Å². The van der Waals surface area contributed by atoms with Crippen molar-refractivity contribution >= 4 is 5.91 Å². The molecule has 1 aromatic heterocycles. The molecule has 1 aliphatic rings. The van der Waals surface area contributed by atoms with Crippen molar-refractivity contribution in [2.24, 2.45) is 12.8 Å². The van der Waals surface area contributed by atoms with E-state index in [0.717, 1.165) is 18.7 Å². The minimum atomic E-state index is -0.284. The fraction of sp³-hybridized carbons (Fsp3) is 0.667. The molecule has 1 amide bonds. The number of carbonyl (C=O) groups excluding carboxylic acids is 1. The summed E-state index contributed by atoms with van der Waals surface area (Å²) in [5.41, 5.74) is 5.42. The van der Waals surface area contributed by atoms with Crippen molar-refractivity contribution < 1.29 is 4.79 Å². The molecule has 1 saturated carbocycles. The van der Waals surface area contributed by atoms with Crippen LogP contribution in [0.15, 0.2) is 12.4 Å². The lowest BCUT2D eigenvalue weighted by molar-refractivity contribution is -0.120. The Kier molecular flexibility index (Phi) is 3.98. The van der Waals surface area contributed by atoms with Gasteiger partial charge in [0.05, 0.1) is 12.6 Å². The molecule has 18 heavy (non-hydrogen) atoms. The third kappa shape index (κ3) is 3.54. The van der Waals surface area contributed by atoms with Crippen LogP contribution in [0.5, 0.6) is 0 Å². The first kappa shape index (κ1) is 13.0. The van der Waals surface area contributed by atoms with Crippen LogP contribution in [0.25, 0.3) is 0 Å². The van der Waals surface area contributed by atoms with Crippen LogP contribution < -0.4 is 11.1 Å². The van der Waals surface area contributed by atoms with Gasteiger partial charge in [-0.25, -0.2) is 4.98 Å². The number of hydrogen-bond donors (Lipinski definition) is 2. The number of nitrogens with one attached hydrogen (secondary N) is 1. The Morgan fingerprint density at radius 1 is 1.72 bits per heavy atom. The molecule has 1 unspecified atom stereocenters. The molecule has 6 heteroatoms. The SMILES string of the molecule is CN(Cc1nccn1C)CC(NC1CC1)C(N)=O. The molecular formula is C12H21N5O. The number of imidazole rings is 1. The molecule has 0 aromatic carbocycles. The van der Waals surface area contributed by atoms with E-state index in [4.69, 9.17) is 5.73 Å². The van der Waals surface area contributed by atoms with E-state index in [1.165, 1.54) is 0 Å². The van der Waals surface area contributed by atoms with Gasteiger partial charge in [0, 0.05) is 32.0 Å². The number of carbonyl (C=O) groups is 1. The summed E-state index contributed by atoms with van der Waals surface area (Å²) < 4.78 is 1.98. The Balaban J connectivity index is 1.85. The molecule has 3 N–H and O–H groups in total. The summed E-state index contributed by atoms with van der Waals surface area (Å²) in [6.45, 7) is 1.32. The minimum Gasteiger partial charge on any atom is -0.368 e. The maximum absolute atomic E-state index is 11.4. The normalized spacial score (nSPS) is 17.1. The zero-order valence-corrected chi connectivity index (χ0v) is 11.0. The van der Waals surface area contributed by atoms with Gasteiger partial charge in [0.15, 0.2) is 0 Å². The average Bonchev–Trinajstić information content (AvgIpc) is 3.03. The predicted octanol–water partition coefficient (Wildman–Crippen LogP) is -0.542. The zero-order valence-electron chi connectivity index (χ0n) is 11.0. The highest BCUT2D eigenvalue weighted by Gasteiger charge is 2.27. The quantitative estimate of drug-likeness (QED) is 0.682. The van der Waals surface area contributed by atoms with Crippen LogP contribution in [-0.2, 0) is 18.4 Å². The van der Waals surface area contributed by atoms with Gasteiger partial charge in [-0.1, -0.05) is 0 Å². The van der Waals surface area contributed by atoms with Crippen molar-refractivity contribution in [3.63, 3.8) is 0 Å². The second-order valence-corrected chi connectivity index (χ2v) is 5.05. The Morgan fingerprint density at radius 3 is 2.94 bits per heavy atom. The molecule has 0 spiro atoms. The van der Waals surface area contributed by atoms with Gasteiger partial charge in [0.25, 0.3) is 0 Å². The molecule has 1 heterocycles. The van der Waals surface area contributed by atoms with E-state index in [-0.39, 0.29) is 11.9 Å². The van der Waals surface area contributed by atoms with Crippen LogP contribution in [0.3, 0.4) is 0 Å². The van der Waals surface area contributed by atoms with Crippen LogP contribution >= 0.6 is 0 Å². The van der Waals surface area contributed by atoms with Crippen LogP contribution in [0, 0.1) is 0 Å². The lowest BCUT2D eigenvalue weighted by atomic mass is 10.2. The van der Waals surface area contributed by atoms with Crippen LogP contribution in [0.4, 0.5) is 0 Å². The smallest absolute Gasteiger partial charge is 0.235 e. The second-order valence-electron chi connectivity index (χ2n) is 5.05. The van der Waals surface area contributed by atoms with Gasteiger partial charge in [0.1, 0.15) is 5.82 Å². The number of primary amides is 1. The summed E-state index contributed by atoms with van der Waals surface area (Å²) in [5.74, 6) is 0.695. The fourth-order valence-corrected chi connectivity index (χ4v) is 1.93. The summed E-state index contributed by atoms with van der Waals surface area (Å²) in [4.78, 5) is 17.7. The number of nitrogens with two attached hydrogens (primary N) is 1. The third-order valence-electron chi connectivity index (χ3n) is 3.18. The largest absolute Gasteiger partial charge is 0.368 e. The molecule has 0 aliphatic heterocycles. The molecular weight excluding hydrogens is 230 g/mol.